The molecule has 0 amide bonds. The molecular weight excluding hydrogens is 204 g/mol. The fourth-order valence-electron chi connectivity index (χ4n) is 0.589. The van der Waals surface area contributed by atoms with E-state index in [1.54, 1.807) is 6.08 Å². The summed E-state index contributed by atoms with van der Waals surface area (Å²) in [5.41, 5.74) is 2.19. The van der Waals surface area contributed by atoms with E-state index in [-0.39, 0.29) is 0 Å². The highest BCUT2D eigenvalue weighted by Crippen LogP contribution is 1.97. The summed E-state index contributed by atoms with van der Waals surface area (Å²) in [5.74, 6) is 0. The Balaban J connectivity index is 0. The van der Waals surface area contributed by atoms with Gasteiger partial charge in [0.05, 0.1) is 0 Å². The van der Waals surface area contributed by atoms with Gasteiger partial charge in [0.2, 0.25) is 0 Å². The summed E-state index contributed by atoms with van der Waals surface area (Å²) >= 11 is 0. The van der Waals surface area contributed by atoms with Gasteiger partial charge >= 0.3 is 0 Å². The zero-order valence-electron chi connectivity index (χ0n) is 11.2. The van der Waals surface area contributed by atoms with Gasteiger partial charge in [-0.25, -0.2) is 0 Å². The molecule has 0 unspecified atom stereocenters. The van der Waals surface area contributed by atoms with E-state index in [4.69, 9.17) is 0 Å². The average Bonchev–Trinajstić information content (AvgIpc) is 2.40. The molecule has 0 aromatic heterocycles. The lowest BCUT2D eigenvalue weighted by Crippen LogP contribution is -1.63. The number of benzene rings is 1. The van der Waals surface area contributed by atoms with Crippen molar-refractivity contribution in [2.24, 2.45) is 0 Å². The maximum Gasteiger partial charge on any atom is -0.0263 e. The van der Waals surface area contributed by atoms with E-state index in [9.17, 15) is 0 Å². The fraction of sp³-hybridized carbons (Fsp3) is 0.176. The minimum atomic E-state index is 1.02. The molecule has 0 N–H and O–H groups in total. The summed E-state index contributed by atoms with van der Waals surface area (Å²) in [6.45, 7) is 18.1. The monoisotopic (exact) mass is 228 g/mol. The highest BCUT2D eigenvalue weighted by molar-refractivity contribution is 5.45. The molecule has 0 aliphatic heterocycles. The largest absolute Gasteiger partial charge is 0.103 e. The highest BCUT2D eigenvalue weighted by Gasteiger charge is 1.75. The molecular formula is C17H24. The van der Waals surface area contributed by atoms with E-state index in [1.165, 1.54) is 5.56 Å². The van der Waals surface area contributed by atoms with Crippen molar-refractivity contribution in [3.8, 4) is 0 Å². The summed E-state index contributed by atoms with van der Waals surface area (Å²) in [4.78, 5) is 0. The molecule has 1 aromatic rings. The third-order valence-electron chi connectivity index (χ3n) is 1.67. The zero-order chi connectivity index (χ0) is 13.5. The van der Waals surface area contributed by atoms with Crippen molar-refractivity contribution in [1.82, 2.24) is 0 Å². The summed E-state index contributed by atoms with van der Waals surface area (Å²) in [7, 11) is 0. The van der Waals surface area contributed by atoms with Crippen molar-refractivity contribution in [3.63, 3.8) is 0 Å². The number of allylic oxidation sites excluding steroid dienone is 3. The van der Waals surface area contributed by atoms with Crippen LogP contribution in [-0.4, -0.2) is 0 Å². The maximum atomic E-state index is 3.63. The van der Waals surface area contributed by atoms with Gasteiger partial charge in [-0.2, -0.15) is 0 Å². The van der Waals surface area contributed by atoms with Gasteiger partial charge in [0.1, 0.15) is 0 Å². The molecule has 1 aromatic carbocycles. The smallest absolute Gasteiger partial charge is 0.0263 e. The first-order chi connectivity index (χ1) is 8.12. The molecule has 0 heterocycles. The fourth-order valence-corrected chi connectivity index (χ4v) is 0.589. The number of rotatable bonds is 3. The van der Waals surface area contributed by atoms with Crippen LogP contribution in [0.5, 0.6) is 0 Å². The Labute approximate surface area is 107 Å². The van der Waals surface area contributed by atoms with Crippen LogP contribution < -0.4 is 0 Å². The van der Waals surface area contributed by atoms with Crippen LogP contribution in [0.4, 0.5) is 0 Å². The summed E-state index contributed by atoms with van der Waals surface area (Å²) in [6.07, 6.45) is 6.51. The van der Waals surface area contributed by atoms with E-state index in [0.29, 0.717) is 0 Å². The van der Waals surface area contributed by atoms with Gasteiger partial charge in [-0.1, -0.05) is 80.8 Å². The van der Waals surface area contributed by atoms with Gasteiger partial charge in [-0.15, -0.1) is 6.58 Å². The van der Waals surface area contributed by atoms with Gasteiger partial charge in [-0.3, -0.25) is 0 Å². The Morgan fingerprint density at radius 2 is 1.53 bits per heavy atom. The molecule has 0 aliphatic carbocycles. The lowest BCUT2D eigenvalue weighted by atomic mass is 10.2. The Bertz CT molecular complexity index is 317. The molecule has 0 nitrogen and oxygen atoms in total. The molecule has 0 spiro atoms. The predicted molar refractivity (Wildman–Crippen MR) is 82.0 cm³/mol. The Hall–Kier alpha value is -1.82. The second kappa shape index (κ2) is 14.2. The highest BCUT2D eigenvalue weighted by atomic mass is 13.8. The van der Waals surface area contributed by atoms with Crippen molar-refractivity contribution in [2.45, 2.75) is 20.3 Å². The Morgan fingerprint density at radius 3 is 1.71 bits per heavy atom. The van der Waals surface area contributed by atoms with E-state index >= 15 is 0 Å². The Kier molecular flexibility index (Phi) is 14.7. The van der Waals surface area contributed by atoms with E-state index < -0.39 is 0 Å². The van der Waals surface area contributed by atoms with Crippen molar-refractivity contribution < 1.29 is 0 Å². The van der Waals surface area contributed by atoms with Crippen LogP contribution in [0.25, 0.3) is 6.08 Å². The molecule has 0 saturated carbocycles. The van der Waals surface area contributed by atoms with Gasteiger partial charge < -0.3 is 0 Å². The first-order valence-corrected chi connectivity index (χ1v) is 5.68. The van der Waals surface area contributed by atoms with E-state index in [2.05, 4.69) is 33.2 Å². The van der Waals surface area contributed by atoms with Crippen LogP contribution in [0.1, 0.15) is 25.8 Å². The van der Waals surface area contributed by atoms with Crippen molar-refractivity contribution in [1.29, 1.82) is 0 Å². The van der Waals surface area contributed by atoms with E-state index in [1.807, 2.05) is 49.4 Å². The van der Waals surface area contributed by atoms with Crippen LogP contribution in [-0.2, 0) is 0 Å². The molecule has 92 valence electrons. The number of hydrogen-bond donors (Lipinski definition) is 0. The minimum absolute atomic E-state index is 1.02. The summed E-state index contributed by atoms with van der Waals surface area (Å²) < 4.78 is 0. The molecule has 0 bridgehead atoms. The topological polar surface area (TPSA) is 0 Å². The van der Waals surface area contributed by atoms with Crippen molar-refractivity contribution in [2.75, 3.05) is 0 Å². The third-order valence-corrected chi connectivity index (χ3v) is 1.67. The molecule has 0 aliphatic rings. The third kappa shape index (κ3) is 16.8. The molecule has 1 rings (SSSR count). The number of hydrogen-bond acceptors (Lipinski definition) is 0. The lowest BCUT2D eigenvalue weighted by Gasteiger charge is -1.85. The van der Waals surface area contributed by atoms with Gasteiger partial charge in [0.15, 0.2) is 0 Å². The zero-order valence-corrected chi connectivity index (χ0v) is 11.2. The standard InChI is InChI=1S/C8H8.C5H8.C4H8/c1-2-8-6-4-3-5-7-8;1-4-5(2)3;1-3-4-2/h2-7H,1H2;4H,1-2H2,3H3;3H,1,4H2,2H3. The molecule has 0 fully saturated rings. The quantitative estimate of drug-likeness (QED) is 0.462. The van der Waals surface area contributed by atoms with E-state index in [0.717, 1.165) is 12.0 Å². The lowest BCUT2D eigenvalue weighted by molar-refractivity contribution is 1.23. The van der Waals surface area contributed by atoms with Crippen LogP contribution in [0.3, 0.4) is 0 Å². The minimum Gasteiger partial charge on any atom is -0.103 e. The van der Waals surface area contributed by atoms with Gasteiger partial charge in [0, 0.05) is 0 Å². The van der Waals surface area contributed by atoms with Crippen LogP contribution in [0.2, 0.25) is 0 Å². The second-order valence-electron chi connectivity index (χ2n) is 3.36. The van der Waals surface area contributed by atoms with Gasteiger partial charge in [-0.05, 0) is 18.9 Å². The van der Waals surface area contributed by atoms with Crippen LogP contribution in [0.15, 0.2) is 74.4 Å². The van der Waals surface area contributed by atoms with Crippen LogP contribution in [0, 0.1) is 0 Å². The average molecular weight is 228 g/mol. The maximum absolute atomic E-state index is 3.63. The normalized spacial score (nSPS) is 7.41. The second-order valence-corrected chi connectivity index (χ2v) is 3.36. The SMILES string of the molecule is C=CC(=C)C.C=CCC.C=Cc1ccccc1. The first kappa shape index (κ1) is 17.6. The van der Waals surface area contributed by atoms with Crippen molar-refractivity contribution in [3.05, 3.63) is 79.9 Å². The van der Waals surface area contributed by atoms with Crippen LogP contribution >= 0.6 is 0 Å². The first-order valence-electron chi connectivity index (χ1n) is 5.68. The molecule has 17 heavy (non-hydrogen) atoms. The van der Waals surface area contributed by atoms with Gasteiger partial charge in [0.25, 0.3) is 0 Å². The Morgan fingerprint density at radius 1 is 1.12 bits per heavy atom. The molecule has 0 atom stereocenters. The predicted octanol–water partition coefficient (Wildman–Crippen LogP) is 5.66. The molecule has 0 saturated heterocycles. The summed E-state index contributed by atoms with van der Waals surface area (Å²) in [6, 6.07) is 10.0. The van der Waals surface area contributed by atoms with Crippen molar-refractivity contribution >= 4 is 6.08 Å². The molecule has 0 heteroatoms. The molecule has 0 radical (unpaired) electrons. The summed E-state index contributed by atoms with van der Waals surface area (Å²) in [5, 5.41) is 0.